The number of hydrogen-bond acceptors (Lipinski definition) is 7. The van der Waals surface area contributed by atoms with Crippen LogP contribution in [0.3, 0.4) is 0 Å². The second kappa shape index (κ2) is 9.65. The molecule has 0 saturated heterocycles. The molecule has 9 nitrogen and oxygen atoms in total. The third kappa shape index (κ3) is 5.52. The fraction of sp³-hybridized carbons (Fsp3) is 0.300. The summed E-state index contributed by atoms with van der Waals surface area (Å²) < 4.78 is 5.74. The van der Waals surface area contributed by atoms with Gasteiger partial charge in [0.15, 0.2) is 5.78 Å². The number of aromatic nitrogens is 1. The molecule has 154 valence electrons. The highest BCUT2D eigenvalue weighted by atomic mass is 16.5. The van der Waals surface area contributed by atoms with Gasteiger partial charge in [-0.25, -0.2) is 10.5 Å². The smallest absolute Gasteiger partial charge is 0.270 e. The van der Waals surface area contributed by atoms with E-state index in [-0.39, 0.29) is 29.4 Å². The standard InChI is InChI=1S/C20H23N3O6/c1-4-13-8-15(12(3)24)17(25)9-18(13)29-10-14-6-5-7-16(22-14)20(27)21-11(2)19(26)23-28/h5-9,11,25,28H,4,10H2,1-3H3,(H,21,27)(H,23,26). The van der Waals surface area contributed by atoms with Crippen molar-refractivity contribution in [3.8, 4) is 11.5 Å². The van der Waals surface area contributed by atoms with Crippen LogP contribution in [0.1, 0.15) is 52.9 Å². The predicted octanol–water partition coefficient (Wildman–Crippen LogP) is 1.75. The quantitative estimate of drug-likeness (QED) is 0.300. The van der Waals surface area contributed by atoms with Gasteiger partial charge in [0.2, 0.25) is 0 Å². The van der Waals surface area contributed by atoms with Crippen molar-refractivity contribution < 1.29 is 29.4 Å². The Kier molecular flexibility index (Phi) is 7.27. The number of carbonyl (C=O) groups excluding carboxylic acids is 3. The van der Waals surface area contributed by atoms with E-state index in [1.807, 2.05) is 6.92 Å². The number of ether oxygens (including phenoxy) is 1. The van der Waals surface area contributed by atoms with E-state index >= 15 is 0 Å². The number of hydrogen-bond donors (Lipinski definition) is 4. The van der Waals surface area contributed by atoms with Crippen molar-refractivity contribution in [2.45, 2.75) is 39.8 Å². The minimum Gasteiger partial charge on any atom is -0.507 e. The summed E-state index contributed by atoms with van der Waals surface area (Å²) in [6, 6.07) is 6.81. The number of aryl methyl sites for hydroxylation is 1. The topological polar surface area (TPSA) is 138 Å². The monoisotopic (exact) mass is 401 g/mol. The molecule has 0 fully saturated rings. The third-order valence-electron chi connectivity index (χ3n) is 4.21. The maximum absolute atomic E-state index is 12.2. The number of hydroxylamine groups is 1. The number of amides is 2. The number of ketones is 1. The molecule has 0 bridgehead atoms. The average Bonchev–Trinajstić information content (AvgIpc) is 2.71. The van der Waals surface area contributed by atoms with Crippen LogP contribution in [-0.4, -0.2) is 38.9 Å². The maximum atomic E-state index is 12.2. The fourth-order valence-electron chi connectivity index (χ4n) is 2.58. The van der Waals surface area contributed by atoms with Crippen LogP contribution in [0, 0.1) is 0 Å². The lowest BCUT2D eigenvalue weighted by Crippen LogP contribution is -2.44. The molecule has 4 N–H and O–H groups in total. The van der Waals surface area contributed by atoms with Gasteiger partial charge in [-0.3, -0.25) is 19.6 Å². The van der Waals surface area contributed by atoms with Gasteiger partial charge in [0.05, 0.1) is 11.3 Å². The zero-order chi connectivity index (χ0) is 21.6. The van der Waals surface area contributed by atoms with Crippen molar-refractivity contribution in [3.05, 3.63) is 52.8 Å². The van der Waals surface area contributed by atoms with Crippen molar-refractivity contribution in [1.29, 1.82) is 0 Å². The summed E-state index contributed by atoms with van der Waals surface area (Å²) in [6.07, 6.45) is 0.594. The van der Waals surface area contributed by atoms with Crippen LogP contribution in [0.2, 0.25) is 0 Å². The molecule has 2 amide bonds. The van der Waals surface area contributed by atoms with Gasteiger partial charge in [-0.1, -0.05) is 13.0 Å². The van der Waals surface area contributed by atoms with Gasteiger partial charge in [0.25, 0.3) is 11.8 Å². The number of nitrogens with zero attached hydrogens (tertiary/aromatic N) is 1. The average molecular weight is 401 g/mol. The van der Waals surface area contributed by atoms with Gasteiger partial charge >= 0.3 is 0 Å². The van der Waals surface area contributed by atoms with Crippen molar-refractivity contribution in [2.24, 2.45) is 0 Å². The molecule has 0 saturated carbocycles. The van der Waals surface area contributed by atoms with Gasteiger partial charge in [0.1, 0.15) is 29.8 Å². The molecule has 1 unspecified atom stereocenters. The minimum atomic E-state index is -0.941. The molecule has 0 spiro atoms. The second-order valence-electron chi connectivity index (χ2n) is 6.36. The number of pyridine rings is 1. The molecular formula is C20H23N3O6. The highest BCUT2D eigenvalue weighted by Crippen LogP contribution is 2.29. The van der Waals surface area contributed by atoms with Gasteiger partial charge in [-0.2, -0.15) is 0 Å². The maximum Gasteiger partial charge on any atom is 0.270 e. The molecule has 0 radical (unpaired) electrons. The van der Waals surface area contributed by atoms with E-state index in [2.05, 4.69) is 10.3 Å². The first kappa shape index (κ1) is 21.8. The lowest BCUT2D eigenvalue weighted by atomic mass is 10.0. The fourth-order valence-corrected chi connectivity index (χ4v) is 2.58. The first-order valence-electron chi connectivity index (χ1n) is 8.97. The molecule has 1 aromatic carbocycles. The van der Waals surface area contributed by atoms with E-state index in [0.29, 0.717) is 17.9 Å². The Morgan fingerprint density at radius 2 is 1.97 bits per heavy atom. The van der Waals surface area contributed by atoms with Crippen LogP contribution in [-0.2, 0) is 17.8 Å². The summed E-state index contributed by atoms with van der Waals surface area (Å²) in [5, 5.41) is 21.0. The third-order valence-corrected chi connectivity index (χ3v) is 4.21. The van der Waals surface area contributed by atoms with Gasteiger partial charge in [0, 0.05) is 6.07 Å². The summed E-state index contributed by atoms with van der Waals surface area (Å²) in [4.78, 5) is 39.3. The summed E-state index contributed by atoms with van der Waals surface area (Å²) in [6.45, 7) is 4.72. The molecule has 1 aromatic heterocycles. The number of nitrogens with one attached hydrogen (secondary N) is 2. The summed E-state index contributed by atoms with van der Waals surface area (Å²) in [5.41, 5.74) is 2.98. The molecule has 1 heterocycles. The number of rotatable bonds is 8. The van der Waals surface area contributed by atoms with E-state index in [4.69, 9.17) is 9.94 Å². The molecule has 9 heteroatoms. The second-order valence-corrected chi connectivity index (χ2v) is 6.36. The van der Waals surface area contributed by atoms with Crippen LogP contribution in [0.4, 0.5) is 0 Å². The van der Waals surface area contributed by atoms with E-state index in [0.717, 1.165) is 5.56 Å². The van der Waals surface area contributed by atoms with Gasteiger partial charge in [-0.05, 0) is 44.0 Å². The highest BCUT2D eigenvalue weighted by Gasteiger charge is 2.17. The number of aromatic hydroxyl groups is 1. The Bertz CT molecular complexity index is 928. The molecular weight excluding hydrogens is 378 g/mol. The van der Waals surface area contributed by atoms with E-state index in [9.17, 15) is 19.5 Å². The Morgan fingerprint density at radius 3 is 2.59 bits per heavy atom. The van der Waals surface area contributed by atoms with Crippen molar-refractivity contribution in [1.82, 2.24) is 15.8 Å². The molecule has 0 aliphatic carbocycles. The summed E-state index contributed by atoms with van der Waals surface area (Å²) >= 11 is 0. The van der Waals surface area contributed by atoms with Crippen molar-refractivity contribution >= 4 is 17.6 Å². The zero-order valence-electron chi connectivity index (χ0n) is 16.4. The Balaban J connectivity index is 2.13. The van der Waals surface area contributed by atoms with Crippen LogP contribution >= 0.6 is 0 Å². The molecule has 0 aliphatic heterocycles. The zero-order valence-corrected chi connectivity index (χ0v) is 16.4. The Hall–Kier alpha value is -3.46. The molecule has 2 rings (SSSR count). The van der Waals surface area contributed by atoms with E-state index in [1.54, 1.807) is 18.2 Å². The highest BCUT2D eigenvalue weighted by molar-refractivity contribution is 5.97. The Morgan fingerprint density at radius 1 is 1.24 bits per heavy atom. The molecule has 1 atom stereocenters. The first-order valence-corrected chi connectivity index (χ1v) is 8.97. The van der Waals surface area contributed by atoms with Crippen LogP contribution < -0.4 is 15.5 Å². The first-order chi connectivity index (χ1) is 13.8. The van der Waals surface area contributed by atoms with Crippen LogP contribution in [0.25, 0.3) is 0 Å². The predicted molar refractivity (Wildman–Crippen MR) is 103 cm³/mol. The van der Waals surface area contributed by atoms with E-state index in [1.165, 1.54) is 31.5 Å². The largest absolute Gasteiger partial charge is 0.507 e. The van der Waals surface area contributed by atoms with Crippen molar-refractivity contribution in [2.75, 3.05) is 0 Å². The summed E-state index contributed by atoms with van der Waals surface area (Å²) in [5.74, 6) is -1.32. The normalized spacial score (nSPS) is 11.4. The molecule has 29 heavy (non-hydrogen) atoms. The number of benzene rings is 1. The molecule has 2 aromatic rings. The number of carbonyl (C=O) groups is 3. The SMILES string of the molecule is CCc1cc(C(C)=O)c(O)cc1OCc1cccc(C(=O)NC(C)C(=O)NO)n1. The van der Waals surface area contributed by atoms with Crippen LogP contribution in [0.5, 0.6) is 11.5 Å². The summed E-state index contributed by atoms with van der Waals surface area (Å²) in [7, 11) is 0. The lowest BCUT2D eigenvalue weighted by Gasteiger charge is -2.14. The van der Waals surface area contributed by atoms with Gasteiger partial charge < -0.3 is 15.2 Å². The van der Waals surface area contributed by atoms with Crippen molar-refractivity contribution in [3.63, 3.8) is 0 Å². The number of Topliss-reactive ketones (excluding diaryl/α,β-unsaturated/α-hetero) is 1. The Labute approximate surface area is 167 Å². The molecule has 0 aliphatic rings. The number of phenols is 1. The minimum absolute atomic E-state index is 0.0274. The number of phenolic OH excluding ortho intramolecular Hbond substituents is 1. The lowest BCUT2D eigenvalue weighted by molar-refractivity contribution is -0.130. The van der Waals surface area contributed by atoms with Crippen LogP contribution in [0.15, 0.2) is 30.3 Å². The van der Waals surface area contributed by atoms with E-state index < -0.39 is 17.9 Å². The van der Waals surface area contributed by atoms with Gasteiger partial charge in [-0.15, -0.1) is 0 Å².